The fraction of sp³-hybridized carbons (Fsp3) is 0.400. The van der Waals surface area contributed by atoms with Crippen LogP contribution in [0.3, 0.4) is 0 Å². The van der Waals surface area contributed by atoms with E-state index >= 15 is 0 Å². The summed E-state index contributed by atoms with van der Waals surface area (Å²) in [7, 11) is 2.08. The molecular weight excluding hydrogens is 260 g/mol. The zero-order valence-corrected chi connectivity index (χ0v) is 12.2. The molecule has 2 rings (SSSR count). The molecule has 0 aliphatic carbocycles. The maximum atomic E-state index is 5.97. The minimum absolute atomic E-state index is 0.704. The fourth-order valence-electron chi connectivity index (χ4n) is 1.90. The highest BCUT2D eigenvalue weighted by Crippen LogP contribution is 2.23. The first-order chi connectivity index (χ1) is 9.19. The molecule has 0 spiro atoms. The van der Waals surface area contributed by atoms with Gasteiger partial charge in [0.15, 0.2) is 5.76 Å². The summed E-state index contributed by atoms with van der Waals surface area (Å²) < 4.78 is 5.76. The van der Waals surface area contributed by atoms with Gasteiger partial charge in [0, 0.05) is 10.6 Å². The van der Waals surface area contributed by atoms with Gasteiger partial charge < -0.3 is 4.42 Å². The van der Waals surface area contributed by atoms with Gasteiger partial charge in [0.2, 0.25) is 5.89 Å². The topological polar surface area (TPSA) is 29.3 Å². The Balaban J connectivity index is 2.03. The third-order valence-electron chi connectivity index (χ3n) is 2.96. The van der Waals surface area contributed by atoms with E-state index in [-0.39, 0.29) is 0 Å². The molecule has 0 atom stereocenters. The van der Waals surface area contributed by atoms with Gasteiger partial charge in [-0.25, -0.2) is 4.98 Å². The number of aromatic nitrogens is 1. The molecule has 0 unspecified atom stereocenters. The molecule has 0 saturated carbocycles. The summed E-state index contributed by atoms with van der Waals surface area (Å²) in [5.74, 6) is 1.51. The van der Waals surface area contributed by atoms with Crippen LogP contribution in [0.4, 0.5) is 0 Å². The molecule has 1 heterocycles. The van der Waals surface area contributed by atoms with Gasteiger partial charge in [-0.1, -0.05) is 37.1 Å². The third-order valence-corrected chi connectivity index (χ3v) is 3.20. The molecule has 3 nitrogen and oxygen atoms in total. The maximum Gasteiger partial charge on any atom is 0.209 e. The third kappa shape index (κ3) is 4.08. The van der Waals surface area contributed by atoms with E-state index in [1.807, 2.05) is 24.3 Å². The molecule has 2 aromatic rings. The zero-order valence-electron chi connectivity index (χ0n) is 11.4. The molecule has 0 fully saturated rings. The van der Waals surface area contributed by atoms with E-state index in [1.165, 1.54) is 12.8 Å². The van der Waals surface area contributed by atoms with Gasteiger partial charge in [0.25, 0.3) is 0 Å². The second-order valence-electron chi connectivity index (χ2n) is 4.72. The number of oxazole rings is 1. The maximum absolute atomic E-state index is 5.97. The molecule has 4 heteroatoms. The molecule has 1 aromatic heterocycles. The van der Waals surface area contributed by atoms with Crippen LogP contribution in [0.1, 0.15) is 25.7 Å². The summed E-state index contributed by atoms with van der Waals surface area (Å²) in [5, 5.41) is 0.704. The predicted molar refractivity (Wildman–Crippen MR) is 78.2 cm³/mol. The Morgan fingerprint density at radius 3 is 2.95 bits per heavy atom. The Morgan fingerprint density at radius 2 is 2.21 bits per heavy atom. The highest BCUT2D eigenvalue weighted by Gasteiger charge is 2.08. The Labute approximate surface area is 119 Å². The van der Waals surface area contributed by atoms with Crippen LogP contribution < -0.4 is 0 Å². The molecule has 0 aliphatic heterocycles. The second-order valence-corrected chi connectivity index (χ2v) is 5.16. The van der Waals surface area contributed by atoms with Gasteiger partial charge in [-0.05, 0) is 32.1 Å². The van der Waals surface area contributed by atoms with Crippen LogP contribution in [0.15, 0.2) is 34.9 Å². The molecule has 0 bridgehead atoms. The molecule has 102 valence electrons. The van der Waals surface area contributed by atoms with Crippen LogP contribution in [0.2, 0.25) is 5.02 Å². The van der Waals surface area contributed by atoms with Crippen LogP contribution in [-0.4, -0.2) is 23.5 Å². The Hall–Kier alpha value is -1.32. The summed E-state index contributed by atoms with van der Waals surface area (Å²) in [4.78, 5) is 6.54. The molecule has 0 saturated heterocycles. The van der Waals surface area contributed by atoms with Crippen molar-refractivity contribution in [2.45, 2.75) is 26.3 Å². The Kier molecular flexibility index (Phi) is 5.00. The summed E-state index contributed by atoms with van der Waals surface area (Å²) in [6.07, 6.45) is 4.15. The average molecular weight is 279 g/mol. The average Bonchev–Trinajstić information content (AvgIpc) is 2.85. The van der Waals surface area contributed by atoms with E-state index in [9.17, 15) is 0 Å². The van der Waals surface area contributed by atoms with Crippen LogP contribution >= 0.6 is 11.6 Å². The van der Waals surface area contributed by atoms with Crippen molar-refractivity contribution in [1.29, 1.82) is 0 Å². The SMILES string of the molecule is CCCCN(C)Cc1ncc(-c2cccc(Cl)c2)o1. The van der Waals surface area contributed by atoms with Crippen LogP contribution in [0, 0.1) is 0 Å². The van der Waals surface area contributed by atoms with Gasteiger partial charge in [-0.2, -0.15) is 0 Å². The van der Waals surface area contributed by atoms with Gasteiger partial charge in [-0.15, -0.1) is 0 Å². The first-order valence-electron chi connectivity index (χ1n) is 6.58. The minimum atomic E-state index is 0.704. The number of nitrogens with zero attached hydrogens (tertiary/aromatic N) is 2. The van der Waals surface area contributed by atoms with E-state index in [2.05, 4.69) is 23.9 Å². The first kappa shape index (κ1) is 14.1. The second kappa shape index (κ2) is 6.73. The molecule has 0 N–H and O–H groups in total. The van der Waals surface area contributed by atoms with Gasteiger partial charge in [0.05, 0.1) is 12.7 Å². The van der Waals surface area contributed by atoms with E-state index in [1.54, 1.807) is 6.20 Å². The fourth-order valence-corrected chi connectivity index (χ4v) is 2.09. The number of halogens is 1. The van der Waals surface area contributed by atoms with Crippen LogP contribution in [-0.2, 0) is 6.54 Å². The quantitative estimate of drug-likeness (QED) is 0.792. The summed E-state index contributed by atoms with van der Waals surface area (Å²) >= 11 is 5.97. The van der Waals surface area contributed by atoms with Crippen molar-refractivity contribution < 1.29 is 4.42 Å². The molecular formula is C15H19ClN2O. The monoisotopic (exact) mass is 278 g/mol. The van der Waals surface area contributed by atoms with Crippen molar-refractivity contribution in [3.8, 4) is 11.3 Å². The summed E-state index contributed by atoms with van der Waals surface area (Å²) in [6.45, 7) is 3.99. The lowest BCUT2D eigenvalue weighted by atomic mass is 10.2. The van der Waals surface area contributed by atoms with E-state index in [4.69, 9.17) is 16.0 Å². The minimum Gasteiger partial charge on any atom is -0.439 e. The molecule has 0 radical (unpaired) electrons. The lowest BCUT2D eigenvalue weighted by Crippen LogP contribution is -2.18. The largest absolute Gasteiger partial charge is 0.439 e. The number of unbranched alkanes of at least 4 members (excludes halogenated alkanes) is 1. The van der Waals surface area contributed by atoms with E-state index in [0.29, 0.717) is 5.02 Å². The first-order valence-corrected chi connectivity index (χ1v) is 6.96. The lowest BCUT2D eigenvalue weighted by Gasteiger charge is -2.13. The molecule has 19 heavy (non-hydrogen) atoms. The summed E-state index contributed by atoms with van der Waals surface area (Å²) in [5.41, 5.74) is 0.961. The van der Waals surface area contributed by atoms with Crippen LogP contribution in [0.25, 0.3) is 11.3 Å². The van der Waals surface area contributed by atoms with Crippen molar-refractivity contribution in [3.05, 3.63) is 41.4 Å². The molecule has 0 amide bonds. The predicted octanol–water partition coefficient (Wildman–Crippen LogP) is 4.23. The van der Waals surface area contributed by atoms with Crippen molar-refractivity contribution >= 4 is 11.6 Å². The summed E-state index contributed by atoms with van der Waals surface area (Å²) in [6, 6.07) is 7.61. The molecule has 0 aliphatic rings. The highest BCUT2D eigenvalue weighted by molar-refractivity contribution is 6.30. The van der Waals surface area contributed by atoms with Crippen molar-refractivity contribution in [2.75, 3.05) is 13.6 Å². The number of rotatable bonds is 6. The normalized spacial score (nSPS) is 11.2. The van der Waals surface area contributed by atoms with Gasteiger partial charge >= 0.3 is 0 Å². The van der Waals surface area contributed by atoms with Gasteiger partial charge in [-0.3, -0.25) is 4.90 Å². The van der Waals surface area contributed by atoms with Crippen molar-refractivity contribution in [2.24, 2.45) is 0 Å². The highest BCUT2D eigenvalue weighted by atomic mass is 35.5. The Morgan fingerprint density at radius 1 is 1.37 bits per heavy atom. The smallest absolute Gasteiger partial charge is 0.209 e. The lowest BCUT2D eigenvalue weighted by molar-refractivity contribution is 0.286. The van der Waals surface area contributed by atoms with E-state index < -0.39 is 0 Å². The van der Waals surface area contributed by atoms with Crippen molar-refractivity contribution in [3.63, 3.8) is 0 Å². The number of benzene rings is 1. The van der Waals surface area contributed by atoms with E-state index in [0.717, 1.165) is 30.3 Å². The number of hydrogen-bond donors (Lipinski definition) is 0. The number of hydrogen-bond acceptors (Lipinski definition) is 3. The molecule has 1 aromatic carbocycles. The van der Waals surface area contributed by atoms with Crippen molar-refractivity contribution in [1.82, 2.24) is 9.88 Å². The van der Waals surface area contributed by atoms with Gasteiger partial charge in [0.1, 0.15) is 0 Å². The standard InChI is InChI=1S/C15H19ClN2O/c1-3-4-8-18(2)11-15-17-10-14(19-15)12-6-5-7-13(16)9-12/h5-7,9-10H,3-4,8,11H2,1-2H3. The van der Waals surface area contributed by atoms with Crippen LogP contribution in [0.5, 0.6) is 0 Å². The Bertz CT molecular complexity index is 524. The zero-order chi connectivity index (χ0) is 13.7.